The Balaban J connectivity index is 1.96. The van der Waals surface area contributed by atoms with Crippen LogP contribution in [0.5, 0.6) is 0 Å². The largest absolute Gasteiger partial charge is 0.395 e. The second-order valence-electron chi connectivity index (χ2n) is 4.87. The van der Waals surface area contributed by atoms with E-state index in [-0.39, 0.29) is 12.6 Å². The van der Waals surface area contributed by atoms with E-state index in [0.29, 0.717) is 24.1 Å². The lowest BCUT2D eigenvalue weighted by molar-refractivity contribution is 0.240. The van der Waals surface area contributed by atoms with E-state index in [1.54, 1.807) is 12.1 Å². The van der Waals surface area contributed by atoms with Crippen LogP contribution in [0.15, 0.2) is 48.5 Å². The van der Waals surface area contributed by atoms with Gasteiger partial charge in [-0.15, -0.1) is 0 Å². The predicted octanol–water partition coefficient (Wildman–Crippen LogP) is 2.39. The molecule has 1 unspecified atom stereocenters. The summed E-state index contributed by atoms with van der Waals surface area (Å²) >= 11 is 0. The van der Waals surface area contributed by atoms with E-state index in [0.717, 1.165) is 5.56 Å². The van der Waals surface area contributed by atoms with Gasteiger partial charge in [-0.25, -0.2) is 4.39 Å². The molecule has 21 heavy (non-hydrogen) atoms. The highest BCUT2D eigenvalue weighted by Gasteiger charge is 2.10. The summed E-state index contributed by atoms with van der Waals surface area (Å²) in [5, 5.41) is 21.3. The molecular formula is C17H17FN2O. The van der Waals surface area contributed by atoms with Gasteiger partial charge in [0, 0.05) is 18.2 Å². The number of aliphatic hydroxyl groups excluding tert-OH is 1. The number of hydrogen-bond acceptors (Lipinski definition) is 3. The molecule has 0 radical (unpaired) electrons. The Hall–Kier alpha value is -2.22. The zero-order chi connectivity index (χ0) is 15.1. The SMILES string of the molecule is N#Cc1ccc(CNC(CO)Cc2ccccc2)c(F)c1. The molecule has 4 heteroatoms. The molecule has 3 nitrogen and oxygen atoms in total. The second-order valence-corrected chi connectivity index (χ2v) is 4.87. The van der Waals surface area contributed by atoms with Crippen LogP contribution < -0.4 is 5.32 Å². The van der Waals surface area contributed by atoms with Gasteiger partial charge in [0.05, 0.1) is 18.2 Å². The Bertz CT molecular complexity index is 622. The fourth-order valence-electron chi connectivity index (χ4n) is 2.11. The molecule has 1 atom stereocenters. The van der Waals surface area contributed by atoms with Crippen molar-refractivity contribution in [1.29, 1.82) is 5.26 Å². The lowest BCUT2D eigenvalue weighted by Gasteiger charge is -2.16. The average molecular weight is 284 g/mol. The molecule has 0 aliphatic heterocycles. The van der Waals surface area contributed by atoms with Gasteiger partial charge in [-0.2, -0.15) is 5.26 Å². The molecule has 0 aliphatic carbocycles. The van der Waals surface area contributed by atoms with E-state index in [1.807, 2.05) is 36.4 Å². The first-order chi connectivity index (χ1) is 10.2. The number of nitriles is 1. The summed E-state index contributed by atoms with van der Waals surface area (Å²) in [6.45, 7) is 0.294. The third kappa shape index (κ3) is 4.38. The molecule has 0 saturated carbocycles. The fraction of sp³-hybridized carbons (Fsp3) is 0.235. The van der Waals surface area contributed by atoms with Gasteiger partial charge in [0.1, 0.15) is 5.82 Å². The monoisotopic (exact) mass is 284 g/mol. The van der Waals surface area contributed by atoms with Crippen molar-refractivity contribution in [3.05, 3.63) is 71.0 Å². The highest BCUT2D eigenvalue weighted by molar-refractivity contribution is 5.32. The molecule has 0 saturated heterocycles. The van der Waals surface area contributed by atoms with Gasteiger partial charge in [-0.05, 0) is 24.1 Å². The first kappa shape index (κ1) is 15.2. The van der Waals surface area contributed by atoms with Crippen LogP contribution in [0.2, 0.25) is 0 Å². The van der Waals surface area contributed by atoms with E-state index < -0.39 is 5.82 Å². The normalized spacial score (nSPS) is 11.9. The van der Waals surface area contributed by atoms with Crippen molar-refractivity contribution in [1.82, 2.24) is 5.32 Å². The summed E-state index contributed by atoms with van der Waals surface area (Å²) in [6.07, 6.45) is 0.676. The lowest BCUT2D eigenvalue weighted by Crippen LogP contribution is -2.34. The Morgan fingerprint density at radius 2 is 1.95 bits per heavy atom. The highest BCUT2D eigenvalue weighted by Crippen LogP contribution is 2.10. The van der Waals surface area contributed by atoms with Crippen LogP contribution in [0.25, 0.3) is 0 Å². The number of aliphatic hydroxyl groups is 1. The smallest absolute Gasteiger partial charge is 0.129 e. The zero-order valence-corrected chi connectivity index (χ0v) is 11.6. The molecule has 0 heterocycles. The standard InChI is InChI=1S/C17H17FN2O/c18-17-9-14(10-19)6-7-15(17)11-20-16(12-21)8-13-4-2-1-3-5-13/h1-7,9,16,20-21H,8,11-12H2. The van der Waals surface area contributed by atoms with Gasteiger partial charge in [0.25, 0.3) is 0 Å². The average Bonchev–Trinajstić information content (AvgIpc) is 2.53. The first-order valence-corrected chi connectivity index (χ1v) is 6.79. The Morgan fingerprint density at radius 1 is 1.19 bits per heavy atom. The van der Waals surface area contributed by atoms with Crippen molar-refractivity contribution in [3.8, 4) is 6.07 Å². The van der Waals surface area contributed by atoms with Crippen molar-refractivity contribution in [2.24, 2.45) is 0 Å². The van der Waals surface area contributed by atoms with E-state index in [4.69, 9.17) is 5.26 Å². The van der Waals surface area contributed by atoms with Crippen molar-refractivity contribution in [2.75, 3.05) is 6.61 Å². The molecule has 0 amide bonds. The van der Waals surface area contributed by atoms with Crippen LogP contribution in [0, 0.1) is 17.1 Å². The summed E-state index contributed by atoms with van der Waals surface area (Å²) in [7, 11) is 0. The van der Waals surface area contributed by atoms with Gasteiger partial charge in [0.15, 0.2) is 0 Å². The quantitative estimate of drug-likeness (QED) is 0.856. The second kappa shape index (κ2) is 7.53. The molecule has 0 bridgehead atoms. The molecule has 2 N–H and O–H groups in total. The maximum atomic E-state index is 13.8. The van der Waals surface area contributed by atoms with Gasteiger partial charge in [-0.3, -0.25) is 0 Å². The van der Waals surface area contributed by atoms with E-state index in [1.165, 1.54) is 6.07 Å². The maximum Gasteiger partial charge on any atom is 0.129 e. The molecule has 2 aromatic rings. The number of nitrogens with zero attached hydrogens (tertiary/aromatic N) is 1. The lowest BCUT2D eigenvalue weighted by atomic mass is 10.1. The molecule has 2 aromatic carbocycles. The van der Waals surface area contributed by atoms with Gasteiger partial charge < -0.3 is 10.4 Å². The first-order valence-electron chi connectivity index (χ1n) is 6.79. The van der Waals surface area contributed by atoms with Gasteiger partial charge >= 0.3 is 0 Å². The summed E-state index contributed by atoms with van der Waals surface area (Å²) < 4.78 is 13.8. The minimum Gasteiger partial charge on any atom is -0.395 e. The summed E-state index contributed by atoms with van der Waals surface area (Å²) in [4.78, 5) is 0. The molecule has 0 spiro atoms. The maximum absolute atomic E-state index is 13.8. The van der Waals surface area contributed by atoms with Crippen molar-refractivity contribution < 1.29 is 9.50 Å². The minimum absolute atomic E-state index is 0.0210. The van der Waals surface area contributed by atoms with Crippen LogP contribution in [-0.4, -0.2) is 17.8 Å². The van der Waals surface area contributed by atoms with Crippen molar-refractivity contribution >= 4 is 0 Å². The molecule has 0 fully saturated rings. The summed E-state index contributed by atoms with van der Waals surface area (Å²) in [5.41, 5.74) is 1.91. The molecule has 108 valence electrons. The van der Waals surface area contributed by atoms with Crippen LogP contribution in [0.1, 0.15) is 16.7 Å². The van der Waals surface area contributed by atoms with E-state index in [9.17, 15) is 9.50 Å². The number of benzene rings is 2. The predicted molar refractivity (Wildman–Crippen MR) is 79.0 cm³/mol. The third-order valence-corrected chi connectivity index (χ3v) is 3.31. The van der Waals surface area contributed by atoms with Gasteiger partial charge in [-0.1, -0.05) is 36.4 Å². The molecule has 0 aromatic heterocycles. The minimum atomic E-state index is -0.405. The van der Waals surface area contributed by atoms with E-state index in [2.05, 4.69) is 5.32 Å². The molecule has 2 rings (SSSR count). The summed E-state index contributed by atoms with van der Waals surface area (Å²) in [5.74, 6) is -0.405. The third-order valence-electron chi connectivity index (χ3n) is 3.31. The topological polar surface area (TPSA) is 56.0 Å². The van der Waals surface area contributed by atoms with E-state index >= 15 is 0 Å². The Kier molecular flexibility index (Phi) is 5.44. The van der Waals surface area contributed by atoms with Crippen LogP contribution >= 0.6 is 0 Å². The molecule has 0 aliphatic rings. The van der Waals surface area contributed by atoms with Crippen LogP contribution in [-0.2, 0) is 13.0 Å². The number of halogens is 1. The zero-order valence-electron chi connectivity index (χ0n) is 11.6. The highest BCUT2D eigenvalue weighted by atomic mass is 19.1. The number of nitrogens with one attached hydrogen (secondary N) is 1. The number of hydrogen-bond donors (Lipinski definition) is 2. The van der Waals surface area contributed by atoms with Crippen molar-refractivity contribution in [3.63, 3.8) is 0 Å². The Morgan fingerprint density at radius 3 is 2.57 bits per heavy atom. The summed E-state index contributed by atoms with van der Waals surface area (Å²) in [6, 6.07) is 16.0. The number of rotatable bonds is 6. The fourth-order valence-corrected chi connectivity index (χ4v) is 2.11. The van der Waals surface area contributed by atoms with Crippen LogP contribution in [0.4, 0.5) is 4.39 Å². The van der Waals surface area contributed by atoms with Crippen LogP contribution in [0.3, 0.4) is 0 Å². The van der Waals surface area contributed by atoms with Gasteiger partial charge in [0.2, 0.25) is 0 Å². The molecular weight excluding hydrogens is 267 g/mol. The van der Waals surface area contributed by atoms with Crippen molar-refractivity contribution in [2.45, 2.75) is 19.0 Å². The Labute approximate surface area is 123 Å².